The molecule has 1 spiro atoms. The van der Waals surface area contributed by atoms with E-state index in [1.54, 1.807) is 22.1 Å². The van der Waals surface area contributed by atoms with E-state index in [0.29, 0.717) is 12.2 Å². The van der Waals surface area contributed by atoms with E-state index in [1.807, 2.05) is 38.2 Å². The van der Waals surface area contributed by atoms with Crippen LogP contribution in [-0.2, 0) is 39.4 Å². The highest BCUT2D eigenvalue weighted by Gasteiger charge is 2.42. The molecule has 2 aromatic heterocycles. The summed E-state index contributed by atoms with van der Waals surface area (Å²) in [4.78, 5) is 25.4. The SMILES string of the molecule is Cc1nn(-c2c(F)cccc2CN(C)C)cc1CN1CCC2(CC1)OCCc1cc(Cl)sc12.O=C(O)C(O)C(O)C(=O)O. The number of aliphatic hydroxyl groups is 2. The van der Waals surface area contributed by atoms with Gasteiger partial charge in [0.1, 0.15) is 17.1 Å². The van der Waals surface area contributed by atoms with Crippen LogP contribution in [0.5, 0.6) is 0 Å². The third-order valence-electron chi connectivity index (χ3n) is 7.59. The number of aliphatic carboxylic acids is 2. The zero-order valence-corrected chi connectivity index (χ0v) is 25.7. The molecule has 4 N–H and O–H groups in total. The highest BCUT2D eigenvalue weighted by Crippen LogP contribution is 2.46. The van der Waals surface area contributed by atoms with Crippen molar-refractivity contribution in [3.05, 3.63) is 67.9 Å². The molecule has 0 bridgehead atoms. The van der Waals surface area contributed by atoms with Crippen LogP contribution in [-0.4, -0.2) is 97.9 Å². The van der Waals surface area contributed by atoms with Crippen molar-refractivity contribution >= 4 is 34.9 Å². The molecular weight excluding hydrogens is 603 g/mol. The summed E-state index contributed by atoms with van der Waals surface area (Å²) in [7, 11) is 3.97. The number of carboxylic acids is 2. The zero-order valence-electron chi connectivity index (χ0n) is 24.2. The lowest BCUT2D eigenvalue weighted by atomic mass is 9.85. The van der Waals surface area contributed by atoms with E-state index in [4.69, 9.17) is 36.8 Å². The first-order valence-electron chi connectivity index (χ1n) is 13.8. The van der Waals surface area contributed by atoms with Gasteiger partial charge in [-0.25, -0.2) is 18.7 Å². The number of rotatable bonds is 8. The maximum atomic E-state index is 14.8. The van der Waals surface area contributed by atoms with Crippen LogP contribution in [0.4, 0.5) is 4.39 Å². The molecule has 0 radical (unpaired) electrons. The number of benzene rings is 1. The summed E-state index contributed by atoms with van der Waals surface area (Å²) in [6.07, 6.45) is 0.337. The number of hydrogen-bond acceptors (Lipinski definition) is 9. The van der Waals surface area contributed by atoms with Gasteiger partial charge in [0, 0.05) is 42.8 Å². The van der Waals surface area contributed by atoms with E-state index in [2.05, 4.69) is 16.1 Å². The number of aromatic nitrogens is 2. The van der Waals surface area contributed by atoms with E-state index < -0.39 is 24.1 Å². The number of aliphatic hydroxyl groups excluding tert-OH is 2. The number of ether oxygens (including phenoxy) is 1. The highest BCUT2D eigenvalue weighted by molar-refractivity contribution is 7.16. The van der Waals surface area contributed by atoms with Crippen LogP contribution >= 0.6 is 22.9 Å². The summed E-state index contributed by atoms with van der Waals surface area (Å²) >= 11 is 8.00. The normalized spacial score (nSPS) is 17.7. The van der Waals surface area contributed by atoms with Crippen LogP contribution in [0, 0.1) is 12.7 Å². The number of piperidine rings is 1. The molecule has 4 heterocycles. The Balaban J connectivity index is 0.000000365. The molecule has 5 rings (SSSR count). The first-order valence-corrected chi connectivity index (χ1v) is 14.9. The Kier molecular flexibility index (Phi) is 10.6. The number of thiophene rings is 1. The Hall–Kier alpha value is -2.91. The molecule has 1 fully saturated rings. The van der Waals surface area contributed by atoms with Crippen molar-refractivity contribution in [1.82, 2.24) is 19.6 Å². The molecule has 2 unspecified atom stereocenters. The lowest BCUT2D eigenvalue weighted by Crippen LogP contribution is -2.45. The van der Waals surface area contributed by atoms with Gasteiger partial charge < -0.3 is 30.1 Å². The maximum absolute atomic E-state index is 14.8. The second-order valence-corrected chi connectivity index (χ2v) is 12.7. The van der Waals surface area contributed by atoms with Gasteiger partial charge >= 0.3 is 11.9 Å². The van der Waals surface area contributed by atoms with Gasteiger partial charge in [0.25, 0.3) is 0 Å². The van der Waals surface area contributed by atoms with Crippen molar-refractivity contribution in [1.29, 1.82) is 0 Å². The Bertz CT molecular complexity index is 1440. The first-order chi connectivity index (χ1) is 20.3. The molecular formula is C29H36ClFN4O7S. The van der Waals surface area contributed by atoms with Crippen molar-refractivity contribution in [2.24, 2.45) is 0 Å². The summed E-state index contributed by atoms with van der Waals surface area (Å²) in [6, 6.07) is 7.35. The highest BCUT2D eigenvalue weighted by atomic mass is 35.5. The zero-order chi connectivity index (χ0) is 31.5. The van der Waals surface area contributed by atoms with E-state index in [1.165, 1.54) is 16.5 Å². The average molecular weight is 639 g/mol. The number of carboxylic acid groups (broad SMARTS) is 2. The lowest BCUT2D eigenvalue weighted by Gasteiger charge is -2.43. The minimum absolute atomic E-state index is 0.185. The second kappa shape index (κ2) is 13.8. The molecule has 1 saturated heterocycles. The third kappa shape index (κ3) is 7.60. The van der Waals surface area contributed by atoms with Crippen molar-refractivity contribution in [2.75, 3.05) is 33.8 Å². The number of fused-ring (bicyclic) bond motifs is 2. The van der Waals surface area contributed by atoms with E-state index in [-0.39, 0.29) is 11.4 Å². The van der Waals surface area contributed by atoms with Crippen molar-refractivity contribution < 1.29 is 39.1 Å². The van der Waals surface area contributed by atoms with Crippen LogP contribution in [0.15, 0.2) is 30.5 Å². The number of carbonyl (C=O) groups is 2. The fourth-order valence-corrected chi connectivity index (χ4v) is 6.89. The molecule has 1 aromatic carbocycles. The van der Waals surface area contributed by atoms with Crippen LogP contribution in [0.25, 0.3) is 5.69 Å². The molecule has 2 atom stereocenters. The largest absolute Gasteiger partial charge is 0.479 e. The fraction of sp³-hybridized carbons (Fsp3) is 0.483. The number of halogens is 2. The fourth-order valence-electron chi connectivity index (χ4n) is 5.39. The van der Waals surface area contributed by atoms with E-state index in [0.717, 1.165) is 66.7 Å². The van der Waals surface area contributed by atoms with E-state index in [9.17, 15) is 14.0 Å². The van der Waals surface area contributed by atoms with Gasteiger partial charge in [-0.1, -0.05) is 23.7 Å². The summed E-state index contributed by atoms with van der Waals surface area (Å²) in [6.45, 7) is 6.13. The topological polar surface area (TPSA) is 149 Å². The van der Waals surface area contributed by atoms with Gasteiger partial charge in [-0.3, -0.25) is 4.90 Å². The predicted octanol–water partition coefficient (Wildman–Crippen LogP) is 3.04. The monoisotopic (exact) mass is 638 g/mol. The molecule has 234 valence electrons. The molecule has 0 aliphatic carbocycles. The molecule has 43 heavy (non-hydrogen) atoms. The van der Waals surface area contributed by atoms with Crippen molar-refractivity contribution in [3.8, 4) is 5.69 Å². The first kappa shape index (κ1) is 33.0. The maximum Gasteiger partial charge on any atom is 0.335 e. The van der Waals surface area contributed by atoms with Gasteiger partial charge in [0.05, 0.1) is 16.6 Å². The molecule has 14 heteroatoms. The summed E-state index contributed by atoms with van der Waals surface area (Å²) < 4.78 is 23.7. The molecule has 0 saturated carbocycles. The van der Waals surface area contributed by atoms with Crippen LogP contribution < -0.4 is 0 Å². The van der Waals surface area contributed by atoms with Crippen molar-refractivity contribution in [3.63, 3.8) is 0 Å². The molecule has 0 amide bonds. The Labute approximate surface area is 257 Å². The summed E-state index contributed by atoms with van der Waals surface area (Å²) in [5.74, 6) is -3.78. The minimum atomic E-state index is -2.27. The second-order valence-electron chi connectivity index (χ2n) is 11.0. The Morgan fingerprint density at radius 2 is 1.81 bits per heavy atom. The van der Waals surface area contributed by atoms with Crippen LogP contribution in [0.3, 0.4) is 0 Å². The average Bonchev–Trinajstić information content (AvgIpc) is 3.51. The molecule has 2 aliphatic heterocycles. The number of hydrogen-bond donors (Lipinski definition) is 4. The number of likely N-dealkylation sites (tertiary alicyclic amines) is 1. The Morgan fingerprint density at radius 3 is 2.42 bits per heavy atom. The smallest absolute Gasteiger partial charge is 0.335 e. The van der Waals surface area contributed by atoms with Gasteiger partial charge in [0.2, 0.25) is 0 Å². The van der Waals surface area contributed by atoms with Crippen LogP contribution in [0.1, 0.15) is 40.1 Å². The predicted molar refractivity (Wildman–Crippen MR) is 158 cm³/mol. The van der Waals surface area contributed by atoms with Gasteiger partial charge in [0.15, 0.2) is 12.2 Å². The van der Waals surface area contributed by atoms with Gasteiger partial charge in [-0.2, -0.15) is 5.10 Å². The Morgan fingerprint density at radius 1 is 1.16 bits per heavy atom. The van der Waals surface area contributed by atoms with E-state index >= 15 is 0 Å². The summed E-state index contributed by atoms with van der Waals surface area (Å²) in [5.41, 5.74) is 4.71. The third-order valence-corrected chi connectivity index (χ3v) is 9.08. The minimum Gasteiger partial charge on any atom is -0.479 e. The molecule has 2 aliphatic rings. The molecule has 3 aromatic rings. The number of nitrogens with zero attached hydrogens (tertiary/aromatic N) is 4. The standard InChI is InChI=1S/C25H30ClFN4OS.C4H6O6/c1-17-20(16-31(28-17)23-19(14-29(2)3)5-4-6-21(23)27)15-30-10-8-25(9-11-30)24-18(7-12-32-25)13-22(26)33-24;5-1(3(7)8)2(6)4(9)10/h4-6,13,16H,7-12,14-15H2,1-3H3;1-2,5-6H,(H,7,8)(H,9,10). The summed E-state index contributed by atoms with van der Waals surface area (Å²) in [5, 5.41) is 37.2. The lowest BCUT2D eigenvalue weighted by molar-refractivity contribution is -0.165. The quantitative estimate of drug-likeness (QED) is 0.290. The molecule has 11 nitrogen and oxygen atoms in total. The van der Waals surface area contributed by atoms with Gasteiger partial charge in [-0.15, -0.1) is 11.3 Å². The van der Waals surface area contributed by atoms with Crippen molar-refractivity contribution in [2.45, 2.75) is 57.1 Å². The number of aryl methyl sites for hydroxylation is 1. The van der Waals surface area contributed by atoms with Gasteiger partial charge in [-0.05, 0) is 63.5 Å². The number of para-hydroxylation sites is 1. The van der Waals surface area contributed by atoms with Crippen LogP contribution in [0.2, 0.25) is 4.34 Å².